The number of rotatable bonds is 6. The summed E-state index contributed by atoms with van der Waals surface area (Å²) in [6.45, 7) is 4.10. The van der Waals surface area contributed by atoms with Crippen molar-refractivity contribution in [2.75, 3.05) is 13.1 Å². The van der Waals surface area contributed by atoms with Crippen molar-refractivity contribution < 1.29 is 19.5 Å². The van der Waals surface area contributed by atoms with E-state index in [4.69, 9.17) is 9.90 Å². The first kappa shape index (κ1) is 22.7. The zero-order valence-corrected chi connectivity index (χ0v) is 17.8. The van der Waals surface area contributed by atoms with Crippen LogP contribution in [0, 0.1) is 12.3 Å². The van der Waals surface area contributed by atoms with E-state index in [-0.39, 0.29) is 24.3 Å². The van der Waals surface area contributed by atoms with Crippen molar-refractivity contribution in [3.8, 4) is 0 Å². The molecule has 1 fully saturated rings. The van der Waals surface area contributed by atoms with Crippen molar-refractivity contribution in [1.29, 1.82) is 0 Å². The third-order valence-electron chi connectivity index (χ3n) is 5.24. The van der Waals surface area contributed by atoms with Crippen LogP contribution in [0.5, 0.6) is 0 Å². The van der Waals surface area contributed by atoms with Crippen LogP contribution in [0.15, 0.2) is 42.7 Å². The van der Waals surface area contributed by atoms with Crippen LogP contribution in [0.1, 0.15) is 40.5 Å². The maximum absolute atomic E-state index is 13.3. The largest absolute Gasteiger partial charge is 0.483 e. The summed E-state index contributed by atoms with van der Waals surface area (Å²) in [6.07, 6.45) is 3.61. The second-order valence-corrected chi connectivity index (χ2v) is 7.67. The van der Waals surface area contributed by atoms with Crippen molar-refractivity contribution in [2.24, 2.45) is 5.41 Å². The maximum atomic E-state index is 13.3. The second-order valence-electron chi connectivity index (χ2n) is 7.67. The lowest BCUT2D eigenvalue weighted by atomic mass is 9.73. The number of carbonyl (C=O) groups is 3. The van der Waals surface area contributed by atoms with Gasteiger partial charge in [0.15, 0.2) is 5.82 Å². The number of nitrogens with one attached hydrogen (secondary N) is 3. The highest BCUT2D eigenvalue weighted by molar-refractivity contribution is 5.96. The van der Waals surface area contributed by atoms with Gasteiger partial charge in [-0.1, -0.05) is 30.3 Å². The van der Waals surface area contributed by atoms with Gasteiger partial charge in [-0.2, -0.15) is 10.2 Å². The van der Waals surface area contributed by atoms with Crippen LogP contribution >= 0.6 is 0 Å². The molecule has 1 aromatic carbocycles. The molecule has 1 unspecified atom stereocenters. The van der Waals surface area contributed by atoms with E-state index >= 15 is 0 Å². The van der Waals surface area contributed by atoms with Crippen molar-refractivity contribution in [3.63, 3.8) is 0 Å². The van der Waals surface area contributed by atoms with E-state index in [1.165, 1.54) is 6.20 Å². The molecule has 3 aromatic rings. The van der Waals surface area contributed by atoms with Crippen LogP contribution in [0.3, 0.4) is 0 Å². The fraction of sp³-hybridized carbons (Fsp3) is 0.333. The van der Waals surface area contributed by atoms with Crippen LogP contribution < -0.4 is 5.32 Å². The monoisotopic (exact) mass is 439 g/mol. The number of carboxylic acid groups (broad SMARTS) is 1. The van der Waals surface area contributed by atoms with E-state index in [0.717, 1.165) is 5.56 Å². The molecular formula is C21H25N7O4. The van der Waals surface area contributed by atoms with Gasteiger partial charge in [0.1, 0.15) is 5.82 Å². The lowest BCUT2D eigenvalue weighted by Crippen LogP contribution is -2.65. The summed E-state index contributed by atoms with van der Waals surface area (Å²) in [5.41, 5.74) is 0.850. The first-order valence-corrected chi connectivity index (χ1v) is 9.98. The number of benzene rings is 1. The molecule has 0 spiro atoms. The first-order valence-electron chi connectivity index (χ1n) is 9.98. The van der Waals surface area contributed by atoms with Gasteiger partial charge in [-0.05, 0) is 25.8 Å². The van der Waals surface area contributed by atoms with E-state index in [1.54, 1.807) is 11.1 Å². The lowest BCUT2D eigenvalue weighted by molar-refractivity contribution is -0.140. The molecule has 2 amide bonds. The molecule has 0 saturated carbocycles. The zero-order chi connectivity index (χ0) is 23.1. The highest BCUT2D eigenvalue weighted by atomic mass is 16.3. The summed E-state index contributed by atoms with van der Waals surface area (Å²) in [5, 5.41) is 23.3. The van der Waals surface area contributed by atoms with Crippen molar-refractivity contribution in [2.45, 2.75) is 26.3 Å². The molecule has 0 aliphatic carbocycles. The molecule has 1 atom stereocenters. The fourth-order valence-corrected chi connectivity index (χ4v) is 3.67. The fourth-order valence-electron chi connectivity index (χ4n) is 3.67. The summed E-state index contributed by atoms with van der Waals surface area (Å²) in [5.74, 6) is 0.998. The molecule has 11 nitrogen and oxygen atoms in total. The van der Waals surface area contributed by atoms with Gasteiger partial charge in [-0.3, -0.25) is 24.6 Å². The van der Waals surface area contributed by atoms with Crippen molar-refractivity contribution >= 4 is 18.3 Å². The number of nitrogens with zero attached hydrogens (tertiary/aromatic N) is 4. The lowest BCUT2D eigenvalue weighted by Gasteiger charge is -2.49. The average molecular weight is 439 g/mol. The Kier molecular flexibility index (Phi) is 6.98. The topological polar surface area (TPSA) is 157 Å². The van der Waals surface area contributed by atoms with Crippen LogP contribution in [0.25, 0.3) is 0 Å². The minimum Gasteiger partial charge on any atom is -0.483 e. The van der Waals surface area contributed by atoms with Crippen LogP contribution in [0.2, 0.25) is 0 Å². The molecule has 1 aliphatic rings. The predicted octanol–water partition coefficient (Wildman–Crippen LogP) is 1.10. The van der Waals surface area contributed by atoms with Crippen LogP contribution in [-0.4, -0.2) is 66.8 Å². The second kappa shape index (κ2) is 9.86. The Morgan fingerprint density at radius 1 is 1.31 bits per heavy atom. The number of H-pyrrole nitrogens is 2. The Labute approximate surface area is 184 Å². The highest BCUT2D eigenvalue weighted by Gasteiger charge is 2.51. The summed E-state index contributed by atoms with van der Waals surface area (Å²) in [4.78, 5) is 40.2. The van der Waals surface area contributed by atoms with Crippen LogP contribution in [0.4, 0.5) is 0 Å². The maximum Gasteiger partial charge on any atom is 0.290 e. The van der Waals surface area contributed by atoms with Gasteiger partial charge >= 0.3 is 0 Å². The molecular weight excluding hydrogens is 414 g/mol. The molecule has 1 aliphatic heterocycles. The molecule has 11 heteroatoms. The summed E-state index contributed by atoms with van der Waals surface area (Å²) in [7, 11) is 0. The summed E-state index contributed by atoms with van der Waals surface area (Å²) < 4.78 is 0. The standard InChI is InChI=1S/C20H23N7O2.CH2O2/c1-13(17-24-14(2)25-26-17)23-19(29)20(8-15-6-4-3-5-7-15)11-27(12-20)18(28)16-9-21-22-10-16;2-1-3/h3-7,9-10,13H,8,11-12H2,1-2H3,(H,21,22)(H,23,29)(H,24,25,26);1H,(H,2,3). The highest BCUT2D eigenvalue weighted by Crippen LogP contribution is 2.36. The van der Waals surface area contributed by atoms with Gasteiger partial charge in [-0.15, -0.1) is 0 Å². The van der Waals surface area contributed by atoms with Gasteiger partial charge in [0.05, 0.1) is 23.2 Å². The Morgan fingerprint density at radius 2 is 2.00 bits per heavy atom. The third kappa shape index (κ3) is 4.99. The number of likely N-dealkylation sites (tertiary alicyclic amines) is 1. The quantitative estimate of drug-likeness (QED) is 0.419. The van der Waals surface area contributed by atoms with Crippen LogP contribution in [-0.2, 0) is 16.0 Å². The van der Waals surface area contributed by atoms with E-state index in [2.05, 4.69) is 30.7 Å². The van der Waals surface area contributed by atoms with E-state index < -0.39 is 5.41 Å². The Morgan fingerprint density at radius 3 is 2.56 bits per heavy atom. The number of carbonyl (C=O) groups excluding carboxylic acids is 2. The smallest absolute Gasteiger partial charge is 0.290 e. The number of hydrogen-bond donors (Lipinski definition) is 4. The number of aryl methyl sites for hydroxylation is 1. The average Bonchev–Trinajstić information content (AvgIpc) is 3.43. The van der Waals surface area contributed by atoms with Gasteiger partial charge in [0, 0.05) is 19.3 Å². The summed E-state index contributed by atoms with van der Waals surface area (Å²) in [6, 6.07) is 9.51. The van der Waals surface area contributed by atoms with Gasteiger partial charge in [-0.25, -0.2) is 4.98 Å². The molecule has 3 heterocycles. The van der Waals surface area contributed by atoms with Gasteiger partial charge in [0.25, 0.3) is 12.4 Å². The molecule has 4 rings (SSSR count). The minimum absolute atomic E-state index is 0.104. The Hall–Kier alpha value is -4.02. The number of hydrogen-bond acceptors (Lipinski definition) is 6. The van der Waals surface area contributed by atoms with Crippen molar-refractivity contribution in [1.82, 2.24) is 35.6 Å². The molecule has 32 heavy (non-hydrogen) atoms. The predicted molar refractivity (Wildman–Crippen MR) is 113 cm³/mol. The number of aromatic nitrogens is 5. The molecule has 0 bridgehead atoms. The first-order chi connectivity index (χ1) is 15.4. The Bertz CT molecular complexity index is 1040. The summed E-state index contributed by atoms with van der Waals surface area (Å²) >= 11 is 0. The molecule has 1 saturated heterocycles. The van der Waals surface area contributed by atoms with E-state index in [9.17, 15) is 9.59 Å². The molecule has 2 aromatic heterocycles. The zero-order valence-electron chi connectivity index (χ0n) is 17.8. The number of aromatic amines is 2. The van der Waals surface area contributed by atoms with Crippen molar-refractivity contribution in [3.05, 3.63) is 65.5 Å². The SMILES string of the molecule is Cc1nc(C(C)NC(=O)C2(Cc3ccccc3)CN(C(=O)c3cn[nH]c3)C2)n[nH]1.O=CO. The normalized spacial score (nSPS) is 15.0. The van der Waals surface area contributed by atoms with E-state index in [0.29, 0.717) is 36.7 Å². The third-order valence-corrected chi connectivity index (χ3v) is 5.24. The van der Waals surface area contributed by atoms with Gasteiger partial charge < -0.3 is 15.3 Å². The van der Waals surface area contributed by atoms with E-state index in [1.807, 2.05) is 44.2 Å². The molecule has 0 radical (unpaired) electrons. The minimum atomic E-state index is -0.694. The molecule has 4 N–H and O–H groups in total. The van der Waals surface area contributed by atoms with Gasteiger partial charge in [0.2, 0.25) is 5.91 Å². The number of amides is 2. The molecule has 168 valence electrons. The Balaban J connectivity index is 0.000000913.